The fourth-order valence-corrected chi connectivity index (χ4v) is 1.81. The van der Waals surface area contributed by atoms with Crippen LogP contribution in [0.15, 0.2) is 18.5 Å². The molecule has 1 heterocycles. The Morgan fingerprint density at radius 1 is 1.53 bits per heavy atom. The highest BCUT2D eigenvalue weighted by atomic mass is 19.1. The molecule has 0 amide bonds. The first kappa shape index (κ1) is 12.1. The summed E-state index contributed by atoms with van der Waals surface area (Å²) in [7, 11) is 0. The Bertz CT molecular complexity index is 304. The normalized spacial score (nSPS) is 14.9. The van der Waals surface area contributed by atoms with E-state index in [1.807, 2.05) is 0 Å². The Hall–Kier alpha value is -1.00. The summed E-state index contributed by atoms with van der Waals surface area (Å²) in [6.45, 7) is 4.22. The average molecular weight is 211 g/mol. The summed E-state index contributed by atoms with van der Waals surface area (Å²) in [6.07, 6.45) is 4.98. The summed E-state index contributed by atoms with van der Waals surface area (Å²) in [5.41, 5.74) is 3.53. The fourth-order valence-electron chi connectivity index (χ4n) is 1.81. The number of hydrogen-bond donors (Lipinski definition) is 2. The molecule has 4 heteroatoms. The number of nitrogens with one attached hydrogen (secondary N) is 1. The van der Waals surface area contributed by atoms with E-state index in [1.165, 1.54) is 12.3 Å². The van der Waals surface area contributed by atoms with E-state index in [0.29, 0.717) is 5.92 Å². The summed E-state index contributed by atoms with van der Waals surface area (Å²) in [5.74, 6) is 5.53. The molecule has 0 aromatic carbocycles. The van der Waals surface area contributed by atoms with E-state index in [1.54, 1.807) is 6.20 Å². The quantitative estimate of drug-likeness (QED) is 0.579. The molecule has 0 aliphatic rings. The molecule has 0 saturated heterocycles. The minimum absolute atomic E-state index is 0.0341. The van der Waals surface area contributed by atoms with Gasteiger partial charge in [0.25, 0.3) is 0 Å². The second-order valence-corrected chi connectivity index (χ2v) is 3.85. The highest BCUT2D eigenvalue weighted by molar-refractivity contribution is 5.15. The van der Waals surface area contributed by atoms with Crippen LogP contribution in [-0.2, 0) is 0 Å². The van der Waals surface area contributed by atoms with Gasteiger partial charge < -0.3 is 0 Å². The van der Waals surface area contributed by atoms with Crippen molar-refractivity contribution in [2.24, 2.45) is 11.8 Å². The van der Waals surface area contributed by atoms with Crippen molar-refractivity contribution in [2.45, 2.75) is 32.7 Å². The molecule has 1 aromatic rings. The van der Waals surface area contributed by atoms with Gasteiger partial charge in [0.1, 0.15) is 5.82 Å². The van der Waals surface area contributed by atoms with Gasteiger partial charge in [0, 0.05) is 6.20 Å². The van der Waals surface area contributed by atoms with Gasteiger partial charge in [0.15, 0.2) is 0 Å². The molecular weight excluding hydrogens is 193 g/mol. The van der Waals surface area contributed by atoms with Gasteiger partial charge >= 0.3 is 0 Å². The second kappa shape index (κ2) is 5.78. The minimum atomic E-state index is -0.323. The number of pyridine rings is 1. The Morgan fingerprint density at radius 3 is 2.80 bits per heavy atom. The van der Waals surface area contributed by atoms with Crippen molar-refractivity contribution in [3.8, 4) is 0 Å². The van der Waals surface area contributed by atoms with Crippen molar-refractivity contribution >= 4 is 0 Å². The van der Waals surface area contributed by atoms with Gasteiger partial charge in [-0.15, -0.1) is 0 Å². The lowest BCUT2D eigenvalue weighted by molar-refractivity contribution is 0.366. The monoisotopic (exact) mass is 211 g/mol. The van der Waals surface area contributed by atoms with E-state index in [9.17, 15) is 4.39 Å². The third-order valence-corrected chi connectivity index (χ3v) is 2.58. The molecule has 0 aliphatic carbocycles. The van der Waals surface area contributed by atoms with E-state index in [4.69, 9.17) is 5.84 Å². The zero-order valence-corrected chi connectivity index (χ0v) is 9.20. The van der Waals surface area contributed by atoms with Gasteiger partial charge in [0.2, 0.25) is 0 Å². The highest BCUT2D eigenvalue weighted by Crippen LogP contribution is 2.24. The SMILES string of the molecule is CCCC(C)C(NN)c1cncc(F)c1. The van der Waals surface area contributed by atoms with Crippen molar-refractivity contribution in [3.63, 3.8) is 0 Å². The number of nitrogens with zero attached hydrogens (tertiary/aromatic N) is 1. The molecule has 1 aromatic heterocycles. The Balaban J connectivity index is 2.82. The minimum Gasteiger partial charge on any atom is -0.271 e. The zero-order valence-electron chi connectivity index (χ0n) is 9.20. The van der Waals surface area contributed by atoms with Crippen molar-refractivity contribution in [3.05, 3.63) is 29.8 Å². The molecule has 1 rings (SSSR count). The molecule has 0 saturated carbocycles. The van der Waals surface area contributed by atoms with Crippen LogP contribution in [0, 0.1) is 11.7 Å². The Labute approximate surface area is 89.9 Å². The molecule has 2 atom stereocenters. The van der Waals surface area contributed by atoms with Crippen molar-refractivity contribution < 1.29 is 4.39 Å². The smallest absolute Gasteiger partial charge is 0.141 e. The first-order valence-corrected chi connectivity index (χ1v) is 5.25. The summed E-state index contributed by atoms with van der Waals surface area (Å²) in [6, 6.07) is 1.44. The van der Waals surface area contributed by atoms with Gasteiger partial charge in [-0.2, -0.15) is 0 Å². The number of aromatic nitrogens is 1. The van der Waals surface area contributed by atoms with Gasteiger partial charge in [-0.25, -0.2) is 4.39 Å². The van der Waals surface area contributed by atoms with Crippen LogP contribution in [0.5, 0.6) is 0 Å². The highest BCUT2D eigenvalue weighted by Gasteiger charge is 2.17. The molecule has 3 N–H and O–H groups in total. The molecule has 84 valence electrons. The van der Waals surface area contributed by atoms with E-state index < -0.39 is 0 Å². The molecule has 0 bridgehead atoms. The fraction of sp³-hybridized carbons (Fsp3) is 0.545. The van der Waals surface area contributed by atoms with E-state index >= 15 is 0 Å². The van der Waals surface area contributed by atoms with E-state index in [-0.39, 0.29) is 11.9 Å². The predicted octanol–water partition coefficient (Wildman–Crippen LogP) is 2.16. The summed E-state index contributed by atoms with van der Waals surface area (Å²) in [4.78, 5) is 3.83. The molecule has 0 aliphatic heterocycles. The first-order valence-electron chi connectivity index (χ1n) is 5.25. The Morgan fingerprint density at radius 2 is 2.27 bits per heavy atom. The molecule has 0 spiro atoms. The van der Waals surface area contributed by atoms with Crippen LogP contribution in [0.25, 0.3) is 0 Å². The lowest BCUT2D eigenvalue weighted by Gasteiger charge is -2.22. The topological polar surface area (TPSA) is 50.9 Å². The summed E-state index contributed by atoms with van der Waals surface area (Å²) in [5, 5.41) is 0. The third-order valence-electron chi connectivity index (χ3n) is 2.58. The molecule has 15 heavy (non-hydrogen) atoms. The summed E-state index contributed by atoms with van der Waals surface area (Å²) < 4.78 is 13.0. The molecule has 0 fully saturated rings. The van der Waals surface area contributed by atoms with Gasteiger partial charge in [-0.05, 0) is 24.0 Å². The zero-order chi connectivity index (χ0) is 11.3. The van der Waals surface area contributed by atoms with Crippen molar-refractivity contribution in [1.82, 2.24) is 10.4 Å². The molecular formula is C11H18FN3. The van der Waals surface area contributed by atoms with Gasteiger partial charge in [-0.3, -0.25) is 16.3 Å². The van der Waals surface area contributed by atoms with Crippen LogP contribution < -0.4 is 11.3 Å². The van der Waals surface area contributed by atoms with Crippen molar-refractivity contribution in [2.75, 3.05) is 0 Å². The number of nitrogens with two attached hydrogens (primary N) is 1. The van der Waals surface area contributed by atoms with Crippen LogP contribution in [0.4, 0.5) is 4.39 Å². The van der Waals surface area contributed by atoms with Gasteiger partial charge in [0.05, 0.1) is 12.2 Å². The third kappa shape index (κ3) is 3.25. The number of halogens is 1. The molecule has 2 unspecified atom stereocenters. The standard InChI is InChI=1S/C11H18FN3/c1-3-4-8(2)11(15-13)9-5-10(12)7-14-6-9/h5-8,11,15H,3-4,13H2,1-2H3. The van der Waals surface area contributed by atoms with Crippen LogP contribution in [-0.4, -0.2) is 4.98 Å². The van der Waals surface area contributed by atoms with Gasteiger partial charge in [-0.1, -0.05) is 20.3 Å². The van der Waals surface area contributed by atoms with E-state index in [0.717, 1.165) is 18.4 Å². The molecule has 3 nitrogen and oxygen atoms in total. The largest absolute Gasteiger partial charge is 0.271 e. The number of hydrazine groups is 1. The van der Waals surface area contributed by atoms with Crippen molar-refractivity contribution in [1.29, 1.82) is 0 Å². The Kier molecular flexibility index (Phi) is 4.65. The predicted molar refractivity (Wildman–Crippen MR) is 58.3 cm³/mol. The van der Waals surface area contributed by atoms with Crippen LogP contribution in [0.1, 0.15) is 38.3 Å². The van der Waals surface area contributed by atoms with Crippen LogP contribution in [0.3, 0.4) is 0 Å². The number of hydrogen-bond acceptors (Lipinski definition) is 3. The summed E-state index contributed by atoms with van der Waals surface area (Å²) >= 11 is 0. The van der Waals surface area contributed by atoms with Crippen LogP contribution in [0.2, 0.25) is 0 Å². The average Bonchev–Trinajstić information content (AvgIpc) is 2.19. The maximum absolute atomic E-state index is 13.0. The first-order chi connectivity index (χ1) is 7.19. The lowest BCUT2D eigenvalue weighted by atomic mass is 9.92. The number of rotatable bonds is 5. The van der Waals surface area contributed by atoms with Crippen LogP contribution >= 0.6 is 0 Å². The molecule has 0 radical (unpaired) electrons. The lowest BCUT2D eigenvalue weighted by Crippen LogP contribution is -2.32. The maximum Gasteiger partial charge on any atom is 0.141 e. The maximum atomic E-state index is 13.0. The second-order valence-electron chi connectivity index (χ2n) is 3.85. The van der Waals surface area contributed by atoms with E-state index in [2.05, 4.69) is 24.3 Å².